The first kappa shape index (κ1) is 11.0. The van der Waals surface area contributed by atoms with Gasteiger partial charge in [0.1, 0.15) is 5.75 Å². The Kier molecular flexibility index (Phi) is 2.97. The second-order valence-corrected chi connectivity index (χ2v) is 3.42. The van der Waals surface area contributed by atoms with Crippen LogP contribution in [0.1, 0.15) is 5.56 Å². The first-order valence-corrected chi connectivity index (χ1v) is 5.03. The molecule has 0 radical (unpaired) electrons. The van der Waals surface area contributed by atoms with Gasteiger partial charge in [-0.2, -0.15) is 0 Å². The van der Waals surface area contributed by atoms with E-state index in [1.54, 1.807) is 12.1 Å². The van der Waals surface area contributed by atoms with Crippen LogP contribution in [-0.4, -0.2) is 18.2 Å². The van der Waals surface area contributed by atoms with Gasteiger partial charge in [0.05, 0.1) is 12.7 Å². The average molecular weight is 226 g/mol. The summed E-state index contributed by atoms with van der Waals surface area (Å²) in [6.07, 6.45) is 0. The van der Waals surface area contributed by atoms with Crippen LogP contribution >= 0.6 is 0 Å². The second-order valence-electron chi connectivity index (χ2n) is 3.42. The summed E-state index contributed by atoms with van der Waals surface area (Å²) in [4.78, 5) is 10.9. The number of rotatable bonds is 0. The minimum Gasteiger partial charge on any atom is -0.506 e. The van der Waals surface area contributed by atoms with Crippen molar-refractivity contribution in [1.29, 1.82) is 0 Å². The van der Waals surface area contributed by atoms with Gasteiger partial charge in [0.2, 0.25) is 0 Å². The zero-order valence-electron chi connectivity index (χ0n) is 9.23. The maximum Gasteiger partial charge on any atom is 0.384 e. The summed E-state index contributed by atoms with van der Waals surface area (Å²) in [5, 5.41) is 11.6. The van der Waals surface area contributed by atoms with E-state index in [1.165, 1.54) is 7.11 Å². The van der Waals surface area contributed by atoms with Crippen LogP contribution in [0, 0.1) is 11.8 Å². The van der Waals surface area contributed by atoms with E-state index >= 15 is 0 Å². The number of fused-ring (bicyclic) bond motifs is 1. The Bertz CT molecular complexity index is 633. The quantitative estimate of drug-likeness (QED) is 0.552. The Balaban J connectivity index is 2.52. The highest BCUT2D eigenvalue weighted by Gasteiger charge is 2.03. The van der Waals surface area contributed by atoms with Crippen molar-refractivity contribution < 1.29 is 14.6 Å². The Morgan fingerprint density at radius 3 is 2.76 bits per heavy atom. The van der Waals surface area contributed by atoms with Crippen LogP contribution in [-0.2, 0) is 9.53 Å². The lowest BCUT2D eigenvalue weighted by molar-refractivity contribution is -0.133. The van der Waals surface area contributed by atoms with Gasteiger partial charge in [0.15, 0.2) is 0 Å². The third kappa shape index (κ3) is 2.21. The number of phenols is 1. The molecule has 0 aliphatic rings. The Morgan fingerprint density at radius 2 is 2.00 bits per heavy atom. The highest BCUT2D eigenvalue weighted by Crippen LogP contribution is 2.27. The molecule has 0 bridgehead atoms. The normalized spacial score (nSPS) is 9.47. The van der Waals surface area contributed by atoms with E-state index in [2.05, 4.69) is 16.6 Å². The zero-order valence-corrected chi connectivity index (χ0v) is 9.23. The number of benzene rings is 2. The van der Waals surface area contributed by atoms with Gasteiger partial charge in [0, 0.05) is 11.3 Å². The fourth-order valence-corrected chi connectivity index (χ4v) is 1.53. The van der Waals surface area contributed by atoms with Crippen molar-refractivity contribution in [2.45, 2.75) is 0 Å². The summed E-state index contributed by atoms with van der Waals surface area (Å²) in [6.45, 7) is 0. The van der Waals surface area contributed by atoms with E-state index in [-0.39, 0.29) is 5.75 Å². The highest BCUT2D eigenvalue weighted by atomic mass is 16.5. The molecule has 17 heavy (non-hydrogen) atoms. The minimum absolute atomic E-state index is 0.0829. The molecule has 0 unspecified atom stereocenters. The summed E-state index contributed by atoms with van der Waals surface area (Å²) < 4.78 is 4.41. The zero-order chi connectivity index (χ0) is 12.3. The molecule has 2 aromatic carbocycles. The van der Waals surface area contributed by atoms with Gasteiger partial charge in [-0.3, -0.25) is 0 Å². The number of esters is 1. The first-order chi connectivity index (χ1) is 8.22. The molecule has 0 atom stereocenters. The standard InChI is InChI=1S/C14H10O3/c1-17-13(15)9-8-11-7-6-10-4-2-3-5-12(10)14(11)16/h2-7,16H,1H3. The molecule has 0 aromatic heterocycles. The molecule has 0 saturated carbocycles. The number of phenolic OH excluding ortho intramolecular Hbond substituents is 1. The number of hydrogen-bond acceptors (Lipinski definition) is 3. The van der Waals surface area contributed by atoms with Crippen LogP contribution in [0.15, 0.2) is 36.4 Å². The highest BCUT2D eigenvalue weighted by molar-refractivity contribution is 5.92. The van der Waals surface area contributed by atoms with Crippen molar-refractivity contribution in [2.24, 2.45) is 0 Å². The summed E-state index contributed by atoms with van der Waals surface area (Å²) in [6, 6.07) is 10.9. The summed E-state index contributed by atoms with van der Waals surface area (Å²) in [5.74, 6) is 4.32. The van der Waals surface area contributed by atoms with Gasteiger partial charge in [-0.1, -0.05) is 36.3 Å². The fraction of sp³-hybridized carbons (Fsp3) is 0.0714. The van der Waals surface area contributed by atoms with Crippen molar-refractivity contribution >= 4 is 16.7 Å². The fourth-order valence-electron chi connectivity index (χ4n) is 1.53. The van der Waals surface area contributed by atoms with E-state index in [1.807, 2.05) is 24.3 Å². The van der Waals surface area contributed by atoms with E-state index in [0.29, 0.717) is 10.9 Å². The Hall–Kier alpha value is -2.47. The third-order valence-corrected chi connectivity index (χ3v) is 2.39. The number of aromatic hydroxyl groups is 1. The monoisotopic (exact) mass is 226 g/mol. The Morgan fingerprint density at radius 1 is 1.24 bits per heavy atom. The van der Waals surface area contributed by atoms with E-state index in [4.69, 9.17) is 0 Å². The van der Waals surface area contributed by atoms with Gasteiger partial charge in [0.25, 0.3) is 0 Å². The van der Waals surface area contributed by atoms with Crippen LogP contribution in [0.5, 0.6) is 5.75 Å². The van der Waals surface area contributed by atoms with Crippen LogP contribution in [0.2, 0.25) is 0 Å². The largest absolute Gasteiger partial charge is 0.506 e. The van der Waals surface area contributed by atoms with Gasteiger partial charge in [-0.05, 0) is 11.5 Å². The molecule has 3 heteroatoms. The SMILES string of the molecule is COC(=O)C#Cc1ccc2ccccc2c1O. The summed E-state index contributed by atoms with van der Waals surface area (Å²) in [5.41, 5.74) is 0.411. The number of carbonyl (C=O) groups excluding carboxylic acids is 1. The van der Waals surface area contributed by atoms with Crippen LogP contribution in [0.3, 0.4) is 0 Å². The topological polar surface area (TPSA) is 46.5 Å². The molecule has 84 valence electrons. The third-order valence-electron chi connectivity index (χ3n) is 2.39. The van der Waals surface area contributed by atoms with E-state index in [0.717, 1.165) is 5.39 Å². The first-order valence-electron chi connectivity index (χ1n) is 5.03. The summed E-state index contributed by atoms with van der Waals surface area (Å²) in [7, 11) is 1.26. The average Bonchev–Trinajstić information content (AvgIpc) is 2.38. The van der Waals surface area contributed by atoms with Crippen molar-refractivity contribution in [3.63, 3.8) is 0 Å². The van der Waals surface area contributed by atoms with E-state index < -0.39 is 5.97 Å². The lowest BCUT2D eigenvalue weighted by atomic mass is 10.1. The smallest absolute Gasteiger partial charge is 0.384 e. The van der Waals surface area contributed by atoms with Gasteiger partial charge < -0.3 is 9.84 Å². The lowest BCUT2D eigenvalue weighted by Gasteiger charge is -2.02. The number of hydrogen-bond donors (Lipinski definition) is 1. The van der Waals surface area contributed by atoms with Crippen LogP contribution in [0.25, 0.3) is 10.8 Å². The predicted octanol–water partition coefficient (Wildman–Crippen LogP) is 2.07. The van der Waals surface area contributed by atoms with Gasteiger partial charge >= 0.3 is 5.97 Å². The van der Waals surface area contributed by atoms with Crippen molar-refractivity contribution in [1.82, 2.24) is 0 Å². The maximum absolute atomic E-state index is 10.9. The molecule has 1 N–H and O–H groups in total. The molecule has 0 aliphatic heterocycles. The number of methoxy groups -OCH3 is 1. The van der Waals surface area contributed by atoms with E-state index in [9.17, 15) is 9.90 Å². The summed E-state index contributed by atoms with van der Waals surface area (Å²) >= 11 is 0. The van der Waals surface area contributed by atoms with Crippen LogP contribution in [0.4, 0.5) is 0 Å². The molecule has 0 saturated heterocycles. The molecule has 0 fully saturated rings. The van der Waals surface area contributed by atoms with Crippen molar-refractivity contribution in [3.05, 3.63) is 42.0 Å². The van der Waals surface area contributed by atoms with Crippen molar-refractivity contribution in [3.8, 4) is 17.6 Å². The molecule has 2 rings (SSSR count). The Labute approximate surface area is 98.6 Å². The van der Waals surface area contributed by atoms with Gasteiger partial charge in [-0.25, -0.2) is 4.79 Å². The molecule has 0 heterocycles. The number of carbonyl (C=O) groups is 1. The molecule has 3 nitrogen and oxygen atoms in total. The maximum atomic E-state index is 10.9. The van der Waals surface area contributed by atoms with Crippen LogP contribution < -0.4 is 0 Å². The molecular weight excluding hydrogens is 216 g/mol. The molecule has 0 amide bonds. The molecule has 0 aliphatic carbocycles. The lowest BCUT2D eigenvalue weighted by Crippen LogP contribution is -1.94. The number of ether oxygens (including phenoxy) is 1. The molecular formula is C14H10O3. The predicted molar refractivity (Wildman–Crippen MR) is 64.5 cm³/mol. The molecule has 0 spiro atoms. The minimum atomic E-state index is -0.627. The molecule has 2 aromatic rings. The van der Waals surface area contributed by atoms with Crippen molar-refractivity contribution in [2.75, 3.05) is 7.11 Å². The second kappa shape index (κ2) is 4.58. The van der Waals surface area contributed by atoms with Gasteiger partial charge in [-0.15, -0.1) is 0 Å².